The van der Waals surface area contributed by atoms with Crippen molar-refractivity contribution in [1.82, 2.24) is 10.2 Å². The zero-order valence-corrected chi connectivity index (χ0v) is 22.4. The van der Waals surface area contributed by atoms with E-state index < -0.39 is 46.5 Å². The van der Waals surface area contributed by atoms with Crippen LogP contribution in [0.4, 0.5) is 13.2 Å². The van der Waals surface area contributed by atoms with E-state index in [2.05, 4.69) is 10.1 Å². The Hall–Kier alpha value is -4.42. The van der Waals surface area contributed by atoms with Crippen molar-refractivity contribution in [3.05, 3.63) is 57.6 Å². The van der Waals surface area contributed by atoms with Crippen LogP contribution in [0.15, 0.2) is 24.3 Å². The van der Waals surface area contributed by atoms with Gasteiger partial charge in [-0.3, -0.25) is 15.0 Å². The van der Waals surface area contributed by atoms with Gasteiger partial charge in [-0.1, -0.05) is 20.8 Å². The molecule has 13 heteroatoms. The van der Waals surface area contributed by atoms with Crippen LogP contribution in [-0.2, 0) is 21.5 Å². The van der Waals surface area contributed by atoms with Crippen LogP contribution >= 0.6 is 0 Å². The largest absolute Gasteiger partial charge is 0.507 e. The summed E-state index contributed by atoms with van der Waals surface area (Å²) in [7, 11) is 1.45. The Labute approximate surface area is 227 Å². The number of amidine groups is 1. The smallest absolute Gasteiger partial charge is 0.491 e. The van der Waals surface area contributed by atoms with Gasteiger partial charge in [-0.15, -0.1) is 0 Å². The number of esters is 2. The van der Waals surface area contributed by atoms with Crippen LogP contribution in [0.1, 0.15) is 75.5 Å². The number of halogens is 3. The number of aromatic hydroxyl groups is 1. The van der Waals surface area contributed by atoms with Crippen molar-refractivity contribution in [2.75, 3.05) is 20.2 Å². The molecule has 1 heterocycles. The number of nitrogens with zero attached hydrogens (tertiary/aromatic N) is 1. The van der Waals surface area contributed by atoms with Gasteiger partial charge in [0.1, 0.15) is 22.9 Å². The van der Waals surface area contributed by atoms with Crippen LogP contribution in [0.5, 0.6) is 11.5 Å². The number of amides is 1. The monoisotopic (exact) mass is 563 g/mol. The predicted octanol–water partition coefficient (Wildman–Crippen LogP) is 3.72. The molecule has 0 atom stereocenters. The maximum atomic E-state index is 13.3. The summed E-state index contributed by atoms with van der Waals surface area (Å²) in [6.07, 6.45) is -5.45. The predicted molar refractivity (Wildman–Crippen MR) is 136 cm³/mol. The molecule has 2 aromatic rings. The second-order valence-electron chi connectivity index (χ2n) is 9.99. The molecule has 10 nitrogen and oxygen atoms in total. The van der Waals surface area contributed by atoms with Gasteiger partial charge in [-0.25, -0.2) is 9.59 Å². The molecule has 3 N–H and O–H groups in total. The molecule has 2 aromatic carbocycles. The zero-order chi connectivity index (χ0) is 30.2. The molecule has 1 aliphatic rings. The fourth-order valence-corrected chi connectivity index (χ4v) is 4.13. The van der Waals surface area contributed by atoms with Crippen LogP contribution in [0, 0.1) is 5.41 Å². The van der Waals surface area contributed by atoms with E-state index >= 15 is 0 Å². The van der Waals surface area contributed by atoms with Gasteiger partial charge in [0.2, 0.25) is 0 Å². The van der Waals surface area contributed by atoms with Gasteiger partial charge >= 0.3 is 18.1 Å². The van der Waals surface area contributed by atoms with Crippen LogP contribution in [0.3, 0.4) is 0 Å². The number of phenols is 1. The summed E-state index contributed by atoms with van der Waals surface area (Å²) in [5.74, 6) is -6.06. The average molecular weight is 564 g/mol. The summed E-state index contributed by atoms with van der Waals surface area (Å²) in [5.41, 5.74) is -0.502. The first-order valence-electron chi connectivity index (χ1n) is 12.1. The lowest BCUT2D eigenvalue weighted by molar-refractivity contribution is -0.193. The molecule has 0 aliphatic carbocycles. The van der Waals surface area contributed by atoms with Gasteiger partial charge in [-0.05, 0) is 42.2 Å². The van der Waals surface area contributed by atoms with Crippen LogP contribution in [0.2, 0.25) is 0 Å². The number of Topliss-reactive ketones (excluding diaryl/α,β-unsaturated/α-hetero) is 1. The Bertz CT molecular complexity index is 1410. The summed E-state index contributed by atoms with van der Waals surface area (Å²) >= 11 is 0. The molecule has 0 radical (unpaired) electrons. The van der Waals surface area contributed by atoms with Gasteiger partial charge in [0.05, 0.1) is 18.7 Å². The number of nitrogens with one attached hydrogen (secondary N) is 2. The van der Waals surface area contributed by atoms with Crippen LogP contribution in [-0.4, -0.2) is 65.8 Å². The number of ketones is 1. The average Bonchev–Trinajstić information content (AvgIpc) is 3.15. The van der Waals surface area contributed by atoms with E-state index in [4.69, 9.17) is 10.1 Å². The summed E-state index contributed by atoms with van der Waals surface area (Å²) in [6.45, 7) is 6.70. The van der Waals surface area contributed by atoms with Crippen molar-refractivity contribution in [3.8, 4) is 11.5 Å². The van der Waals surface area contributed by atoms with Gasteiger partial charge in [0.25, 0.3) is 5.91 Å². The highest BCUT2D eigenvalue weighted by molar-refractivity contribution is 6.09. The van der Waals surface area contributed by atoms with Crippen molar-refractivity contribution >= 4 is 29.5 Å². The van der Waals surface area contributed by atoms with E-state index in [0.717, 1.165) is 6.07 Å². The van der Waals surface area contributed by atoms with Gasteiger partial charge in [0.15, 0.2) is 5.78 Å². The molecule has 0 unspecified atom stereocenters. The number of hydrogen-bond donors (Lipinski definition) is 3. The normalized spacial score (nSPS) is 13.1. The Morgan fingerprint density at radius 2 is 1.73 bits per heavy atom. The number of rotatable bonds is 7. The maximum absolute atomic E-state index is 13.3. The molecule has 0 fully saturated rings. The number of carbonyl (C=O) groups excluding carboxylic acids is 4. The van der Waals surface area contributed by atoms with E-state index in [1.807, 2.05) is 0 Å². The highest BCUT2D eigenvalue weighted by Crippen LogP contribution is 2.36. The van der Waals surface area contributed by atoms with E-state index in [1.165, 1.54) is 24.1 Å². The molecule has 0 saturated carbocycles. The molecule has 214 valence electrons. The number of ether oxygens (including phenoxy) is 2. The van der Waals surface area contributed by atoms with Crippen molar-refractivity contribution in [2.24, 2.45) is 0 Å². The minimum Gasteiger partial charge on any atom is -0.507 e. The first-order chi connectivity index (χ1) is 18.5. The lowest BCUT2D eigenvalue weighted by Gasteiger charge is -2.23. The molecule has 3 rings (SSSR count). The summed E-state index contributed by atoms with van der Waals surface area (Å²) in [4.78, 5) is 50.7. The third kappa shape index (κ3) is 6.08. The third-order valence-corrected chi connectivity index (χ3v) is 6.12. The second kappa shape index (κ2) is 11.0. The van der Waals surface area contributed by atoms with Crippen molar-refractivity contribution in [1.29, 1.82) is 5.41 Å². The Morgan fingerprint density at radius 3 is 2.27 bits per heavy atom. The lowest BCUT2D eigenvalue weighted by Crippen LogP contribution is -2.31. The molecule has 0 spiro atoms. The van der Waals surface area contributed by atoms with E-state index in [1.54, 1.807) is 33.8 Å². The molecular formula is C27H28F3N3O7. The minimum atomic E-state index is -5.45. The molecule has 0 saturated heterocycles. The number of hydrogen-bond acceptors (Lipinski definition) is 8. The topological polar surface area (TPSA) is 146 Å². The fourth-order valence-electron chi connectivity index (χ4n) is 4.13. The summed E-state index contributed by atoms with van der Waals surface area (Å²) < 4.78 is 47.4. The quantitative estimate of drug-likeness (QED) is 0.263. The number of alkyl halides is 3. The second-order valence-corrected chi connectivity index (χ2v) is 9.99. The molecule has 0 aromatic heterocycles. The Kier molecular flexibility index (Phi) is 8.27. The first kappa shape index (κ1) is 30.1. The van der Waals surface area contributed by atoms with E-state index in [0.29, 0.717) is 23.5 Å². The lowest BCUT2D eigenvalue weighted by atomic mass is 9.83. The Morgan fingerprint density at radius 1 is 1.07 bits per heavy atom. The maximum Gasteiger partial charge on any atom is 0.491 e. The van der Waals surface area contributed by atoms with Crippen molar-refractivity contribution in [2.45, 2.75) is 45.8 Å². The molecular weight excluding hydrogens is 535 g/mol. The van der Waals surface area contributed by atoms with Crippen LogP contribution < -0.4 is 10.1 Å². The summed E-state index contributed by atoms with van der Waals surface area (Å²) in [5, 5.41) is 21.7. The fraction of sp³-hybridized carbons (Fsp3) is 0.370. The van der Waals surface area contributed by atoms with E-state index in [-0.39, 0.29) is 35.6 Å². The summed E-state index contributed by atoms with van der Waals surface area (Å²) in [6, 6.07) is 5.26. The van der Waals surface area contributed by atoms with Crippen LogP contribution in [0.25, 0.3) is 0 Å². The SMILES string of the molecule is CCOc1cc2c(cc1C(=O)NC)C(=N)N(CC(=O)c1cc(C(=O)OC(=O)C(F)(F)F)c(O)c(C(C)(C)C)c1)C2. The standard InChI is InChI=1S/C27H28F3N3O7/c1-6-39-20-9-14-11-33(22(31)15(14)10-16(20)23(36)32-5)12-19(34)13-7-17(21(35)18(8-13)26(2,3)4)24(37)40-25(38)27(28,29)30/h7-10,31,35H,6,11-12H2,1-5H3,(H,32,36). The number of phenolic OH excluding ortho intramolecular Hbond substituents is 1. The molecule has 0 bridgehead atoms. The van der Waals surface area contributed by atoms with Gasteiger partial charge in [-0.2, -0.15) is 13.2 Å². The van der Waals surface area contributed by atoms with E-state index in [9.17, 15) is 37.5 Å². The zero-order valence-electron chi connectivity index (χ0n) is 22.4. The molecule has 1 aliphatic heterocycles. The van der Waals surface area contributed by atoms with Gasteiger partial charge < -0.3 is 24.8 Å². The molecule has 1 amide bonds. The van der Waals surface area contributed by atoms with Crippen molar-refractivity contribution < 1.29 is 46.9 Å². The Balaban J connectivity index is 1.95. The number of carbonyl (C=O) groups is 4. The minimum absolute atomic E-state index is 0.0539. The van der Waals surface area contributed by atoms with Crippen molar-refractivity contribution in [3.63, 3.8) is 0 Å². The number of benzene rings is 2. The van der Waals surface area contributed by atoms with Gasteiger partial charge in [0, 0.05) is 30.3 Å². The number of fused-ring (bicyclic) bond motifs is 1. The highest BCUT2D eigenvalue weighted by Gasteiger charge is 2.43. The first-order valence-corrected chi connectivity index (χ1v) is 12.1. The third-order valence-electron chi connectivity index (χ3n) is 6.12. The highest BCUT2D eigenvalue weighted by atomic mass is 19.4. The molecule has 40 heavy (non-hydrogen) atoms.